The van der Waals surface area contributed by atoms with Gasteiger partial charge in [0.05, 0.1) is 6.20 Å². The number of nitrogens with one attached hydrogen (secondary N) is 1. The van der Waals surface area contributed by atoms with Crippen LogP contribution >= 0.6 is 15.9 Å². The number of aromatic carboxylic acids is 1. The highest BCUT2D eigenvalue weighted by atomic mass is 79.9. The summed E-state index contributed by atoms with van der Waals surface area (Å²) in [6.07, 6.45) is 1.52. The Kier molecular flexibility index (Phi) is 1.99. The second-order valence-corrected chi connectivity index (χ2v) is 3.63. The second-order valence-electron chi connectivity index (χ2n) is 2.82. The molecule has 0 aliphatic rings. The number of H-pyrrole nitrogens is 1. The molecular weight excluding hydrogens is 250 g/mol. The van der Waals surface area contributed by atoms with Gasteiger partial charge in [-0.3, -0.25) is 0 Å². The van der Waals surface area contributed by atoms with Crippen molar-refractivity contribution < 1.29 is 9.90 Å². The summed E-state index contributed by atoms with van der Waals surface area (Å²) >= 11 is 3.14. The molecule has 0 saturated heterocycles. The third-order valence-corrected chi connectivity index (χ3v) is 2.26. The molecule has 0 aliphatic carbocycles. The van der Waals surface area contributed by atoms with E-state index in [0.717, 1.165) is 0 Å². The van der Waals surface area contributed by atoms with Gasteiger partial charge < -0.3 is 10.1 Å². The van der Waals surface area contributed by atoms with Gasteiger partial charge in [-0.2, -0.15) is 0 Å². The Labute approximate surface area is 87.3 Å². The van der Waals surface area contributed by atoms with E-state index in [1.165, 1.54) is 6.20 Å². The summed E-state index contributed by atoms with van der Waals surface area (Å²) in [5.41, 5.74) is 1.60. The topological polar surface area (TPSA) is 78.9 Å². The monoisotopic (exact) mass is 255 g/mol. The van der Waals surface area contributed by atoms with Crippen LogP contribution in [0.4, 0.5) is 0 Å². The summed E-state index contributed by atoms with van der Waals surface area (Å²) < 4.78 is 0.520. The lowest BCUT2D eigenvalue weighted by Gasteiger charge is -1.92. The smallest absolute Gasteiger partial charge is 0.339 e. The van der Waals surface area contributed by atoms with Gasteiger partial charge in [-0.05, 0) is 22.9 Å². The van der Waals surface area contributed by atoms with Crippen molar-refractivity contribution in [1.29, 1.82) is 0 Å². The lowest BCUT2D eigenvalue weighted by molar-refractivity contribution is 0.0698. The van der Waals surface area contributed by atoms with E-state index in [1.54, 1.807) is 6.92 Å². The summed E-state index contributed by atoms with van der Waals surface area (Å²) in [6.45, 7) is 1.68. The zero-order chi connectivity index (χ0) is 10.3. The van der Waals surface area contributed by atoms with Gasteiger partial charge in [-0.15, -0.1) is 0 Å². The van der Waals surface area contributed by atoms with Gasteiger partial charge in [0.15, 0.2) is 5.65 Å². The fraction of sp³-hybridized carbons (Fsp3) is 0.125. The molecule has 14 heavy (non-hydrogen) atoms. The Morgan fingerprint density at radius 1 is 1.64 bits per heavy atom. The van der Waals surface area contributed by atoms with Gasteiger partial charge >= 0.3 is 5.97 Å². The van der Waals surface area contributed by atoms with E-state index >= 15 is 0 Å². The number of carboxylic acid groups (broad SMARTS) is 1. The van der Waals surface area contributed by atoms with Gasteiger partial charge in [0.1, 0.15) is 15.7 Å². The molecule has 0 aliphatic heterocycles. The standard InChI is InChI=1S/C8H6BrN3O2/c1-3-5(8(13)14)6-7(11-3)10-2-4(9)12-6/h2H,1H3,(H,10,11)(H,13,14). The summed E-state index contributed by atoms with van der Waals surface area (Å²) in [4.78, 5) is 21.8. The molecule has 2 heterocycles. The maximum atomic E-state index is 10.9. The van der Waals surface area contributed by atoms with Gasteiger partial charge in [-0.1, -0.05) is 0 Å². The Morgan fingerprint density at radius 2 is 2.36 bits per heavy atom. The minimum absolute atomic E-state index is 0.175. The van der Waals surface area contributed by atoms with Crippen LogP contribution in [0.1, 0.15) is 16.1 Å². The number of hydrogen-bond acceptors (Lipinski definition) is 3. The van der Waals surface area contributed by atoms with Crippen LogP contribution in [0.2, 0.25) is 0 Å². The first kappa shape index (κ1) is 9.14. The number of hydrogen-bond donors (Lipinski definition) is 2. The molecule has 2 aromatic heterocycles. The average molecular weight is 256 g/mol. The van der Waals surface area contributed by atoms with E-state index in [9.17, 15) is 4.79 Å². The fourth-order valence-electron chi connectivity index (χ4n) is 1.31. The predicted octanol–water partition coefficient (Wildman–Crippen LogP) is 1.73. The van der Waals surface area contributed by atoms with Crippen LogP contribution in [-0.4, -0.2) is 26.0 Å². The molecule has 0 saturated carbocycles. The fourth-order valence-corrected chi connectivity index (χ4v) is 1.59. The maximum absolute atomic E-state index is 10.9. The zero-order valence-corrected chi connectivity index (χ0v) is 8.79. The largest absolute Gasteiger partial charge is 0.478 e. The van der Waals surface area contributed by atoms with Crippen LogP contribution in [0.3, 0.4) is 0 Å². The van der Waals surface area contributed by atoms with Gasteiger partial charge in [-0.25, -0.2) is 14.8 Å². The molecule has 2 N–H and O–H groups in total. The van der Waals surface area contributed by atoms with E-state index < -0.39 is 5.97 Å². The number of nitrogens with zero attached hydrogens (tertiary/aromatic N) is 2. The van der Waals surface area contributed by atoms with E-state index in [-0.39, 0.29) is 5.56 Å². The highest BCUT2D eigenvalue weighted by molar-refractivity contribution is 9.10. The first-order valence-electron chi connectivity index (χ1n) is 3.83. The first-order chi connectivity index (χ1) is 6.59. The quantitative estimate of drug-likeness (QED) is 0.814. The van der Waals surface area contributed by atoms with Gasteiger partial charge in [0, 0.05) is 5.69 Å². The average Bonchev–Trinajstić information content (AvgIpc) is 2.40. The van der Waals surface area contributed by atoms with E-state index in [2.05, 4.69) is 30.9 Å². The molecule has 72 valence electrons. The highest BCUT2D eigenvalue weighted by Gasteiger charge is 2.16. The van der Waals surface area contributed by atoms with Crippen molar-refractivity contribution in [3.8, 4) is 0 Å². The minimum atomic E-state index is -0.999. The SMILES string of the molecule is Cc1[nH]c2ncc(Br)nc2c1C(=O)O. The zero-order valence-electron chi connectivity index (χ0n) is 7.21. The molecule has 6 heteroatoms. The van der Waals surface area contributed by atoms with E-state index in [1.807, 2.05) is 0 Å². The van der Waals surface area contributed by atoms with Crippen LogP contribution < -0.4 is 0 Å². The lowest BCUT2D eigenvalue weighted by atomic mass is 10.2. The molecule has 0 atom stereocenters. The van der Waals surface area contributed by atoms with Crippen LogP contribution in [-0.2, 0) is 0 Å². The third kappa shape index (κ3) is 1.27. The van der Waals surface area contributed by atoms with Crippen LogP contribution in [0.25, 0.3) is 11.2 Å². The Balaban J connectivity index is 2.86. The molecule has 5 nitrogen and oxygen atoms in total. The molecular formula is C8H6BrN3O2. The highest BCUT2D eigenvalue weighted by Crippen LogP contribution is 2.20. The molecule has 0 spiro atoms. The van der Waals surface area contributed by atoms with Crippen molar-refractivity contribution in [3.63, 3.8) is 0 Å². The number of carbonyl (C=O) groups is 1. The van der Waals surface area contributed by atoms with Crippen molar-refractivity contribution in [2.45, 2.75) is 6.92 Å². The number of rotatable bonds is 1. The molecule has 0 amide bonds. The van der Waals surface area contributed by atoms with Crippen LogP contribution in [0.5, 0.6) is 0 Å². The molecule has 0 aromatic carbocycles. The normalized spacial score (nSPS) is 10.7. The number of fused-ring (bicyclic) bond motifs is 1. The molecule has 2 rings (SSSR count). The number of halogens is 1. The number of aromatic amines is 1. The molecule has 0 unspecified atom stereocenters. The van der Waals surface area contributed by atoms with Crippen molar-refractivity contribution in [3.05, 3.63) is 22.1 Å². The van der Waals surface area contributed by atoms with E-state index in [0.29, 0.717) is 21.5 Å². The molecule has 0 fully saturated rings. The lowest BCUT2D eigenvalue weighted by Crippen LogP contribution is -1.98. The van der Waals surface area contributed by atoms with Crippen molar-refractivity contribution in [1.82, 2.24) is 15.0 Å². The summed E-state index contributed by atoms with van der Waals surface area (Å²) in [5.74, 6) is -0.999. The van der Waals surface area contributed by atoms with Crippen molar-refractivity contribution in [2.75, 3.05) is 0 Å². The first-order valence-corrected chi connectivity index (χ1v) is 4.63. The van der Waals surface area contributed by atoms with Crippen LogP contribution in [0, 0.1) is 6.92 Å². The predicted molar refractivity (Wildman–Crippen MR) is 53.3 cm³/mol. The van der Waals surface area contributed by atoms with Crippen LogP contribution in [0.15, 0.2) is 10.8 Å². The maximum Gasteiger partial charge on any atom is 0.339 e. The third-order valence-electron chi connectivity index (χ3n) is 1.87. The van der Waals surface area contributed by atoms with Crippen molar-refractivity contribution in [2.24, 2.45) is 0 Å². The van der Waals surface area contributed by atoms with Gasteiger partial charge in [0.25, 0.3) is 0 Å². The number of aromatic nitrogens is 3. The number of aryl methyl sites for hydroxylation is 1. The summed E-state index contributed by atoms with van der Waals surface area (Å²) in [6, 6.07) is 0. The summed E-state index contributed by atoms with van der Waals surface area (Å²) in [7, 11) is 0. The van der Waals surface area contributed by atoms with E-state index in [4.69, 9.17) is 5.11 Å². The molecule has 2 aromatic rings. The Bertz CT molecular complexity index is 521. The minimum Gasteiger partial charge on any atom is -0.478 e. The second kappa shape index (κ2) is 3.06. The molecule has 0 bridgehead atoms. The molecule has 0 radical (unpaired) electrons. The Morgan fingerprint density at radius 3 is 3.00 bits per heavy atom. The van der Waals surface area contributed by atoms with Gasteiger partial charge in [0.2, 0.25) is 0 Å². The summed E-state index contributed by atoms with van der Waals surface area (Å²) in [5, 5.41) is 8.94. The van der Waals surface area contributed by atoms with Crippen molar-refractivity contribution >= 4 is 33.1 Å². The Hall–Kier alpha value is -1.43. The number of carboxylic acids is 1.